The molecule has 1 aliphatic heterocycles. The predicted molar refractivity (Wildman–Crippen MR) is 64.5 cm³/mol. The molecular weight excluding hydrogens is 216 g/mol. The van der Waals surface area contributed by atoms with Gasteiger partial charge in [0.1, 0.15) is 0 Å². The topological polar surface area (TPSA) is 24.4 Å². The lowest BCUT2D eigenvalue weighted by atomic mass is 10.2. The molecule has 0 fully saturated rings. The van der Waals surface area contributed by atoms with Crippen molar-refractivity contribution in [2.45, 2.75) is 25.7 Å². The lowest BCUT2D eigenvalue weighted by Crippen LogP contribution is -2.11. The number of benzene rings is 1. The van der Waals surface area contributed by atoms with Gasteiger partial charge in [0.2, 0.25) is 5.29 Å². The van der Waals surface area contributed by atoms with Gasteiger partial charge >= 0.3 is 0 Å². The maximum absolute atomic E-state index is 5.71. The number of aliphatic imine (C=N–C) groups is 1. The molecule has 4 heteroatoms. The van der Waals surface area contributed by atoms with Crippen molar-refractivity contribution in [1.82, 2.24) is 4.72 Å². The summed E-state index contributed by atoms with van der Waals surface area (Å²) in [6, 6.07) is 6.11. The van der Waals surface area contributed by atoms with Gasteiger partial charge in [0.15, 0.2) is 0 Å². The first-order chi connectivity index (χ1) is 6.75. The first-order valence-corrected chi connectivity index (χ1v) is 5.73. The number of rotatable bonds is 0. The first kappa shape index (κ1) is 11.4. The van der Waals surface area contributed by atoms with Gasteiger partial charge in [-0.3, -0.25) is 0 Å². The van der Waals surface area contributed by atoms with Crippen LogP contribution in [0.3, 0.4) is 0 Å². The van der Waals surface area contributed by atoms with Gasteiger partial charge in [-0.2, -0.15) is 0 Å². The summed E-state index contributed by atoms with van der Waals surface area (Å²) >= 11 is 7.21. The minimum Gasteiger partial charge on any atom is -0.300 e. The second-order valence-electron chi connectivity index (χ2n) is 2.58. The van der Waals surface area contributed by atoms with E-state index in [-0.39, 0.29) is 0 Å². The third kappa shape index (κ3) is 2.66. The van der Waals surface area contributed by atoms with Crippen LogP contribution in [-0.4, -0.2) is 5.29 Å². The summed E-state index contributed by atoms with van der Waals surface area (Å²) in [4.78, 5) is 5.27. The average molecular weight is 229 g/mol. The van der Waals surface area contributed by atoms with E-state index in [0.717, 1.165) is 10.6 Å². The molecule has 1 heterocycles. The summed E-state index contributed by atoms with van der Waals surface area (Å²) in [5.41, 5.74) is 2.15. The number of aryl methyl sites for hydroxylation is 1. The summed E-state index contributed by atoms with van der Waals surface area (Å²) in [5.74, 6) is 0. The van der Waals surface area contributed by atoms with Gasteiger partial charge in [0, 0.05) is 0 Å². The third-order valence-electron chi connectivity index (χ3n) is 1.58. The molecule has 0 saturated carbocycles. The van der Waals surface area contributed by atoms with E-state index in [1.807, 2.05) is 32.9 Å². The van der Waals surface area contributed by atoms with E-state index in [0.29, 0.717) is 5.29 Å². The summed E-state index contributed by atoms with van der Waals surface area (Å²) in [6.07, 6.45) is 0. The van der Waals surface area contributed by atoms with Crippen LogP contribution in [0.25, 0.3) is 0 Å². The Kier molecular flexibility index (Phi) is 4.29. The molecule has 0 aliphatic carbocycles. The fraction of sp³-hybridized carbons (Fsp3) is 0.300. The van der Waals surface area contributed by atoms with Crippen LogP contribution in [-0.2, 0) is 0 Å². The second kappa shape index (κ2) is 5.27. The Labute approximate surface area is 93.9 Å². The van der Waals surface area contributed by atoms with Gasteiger partial charge in [-0.25, -0.2) is 4.99 Å². The van der Waals surface area contributed by atoms with Crippen LogP contribution in [0.1, 0.15) is 19.4 Å². The van der Waals surface area contributed by atoms with Crippen molar-refractivity contribution in [2.75, 3.05) is 0 Å². The zero-order valence-corrected chi connectivity index (χ0v) is 10.0. The molecule has 0 radical (unpaired) electrons. The number of amidine groups is 1. The molecule has 76 valence electrons. The van der Waals surface area contributed by atoms with Crippen molar-refractivity contribution < 1.29 is 0 Å². The van der Waals surface area contributed by atoms with Crippen molar-refractivity contribution >= 4 is 34.5 Å². The highest BCUT2D eigenvalue weighted by molar-refractivity contribution is 7.98. The number of nitrogens with zero attached hydrogens (tertiary/aromatic N) is 1. The van der Waals surface area contributed by atoms with Crippen LogP contribution >= 0.6 is 23.5 Å². The Balaban J connectivity index is 0.000000461. The lowest BCUT2D eigenvalue weighted by Gasteiger charge is -2.12. The van der Waals surface area contributed by atoms with Crippen molar-refractivity contribution in [3.05, 3.63) is 23.8 Å². The molecular formula is C10H13ClN2S. The Morgan fingerprint density at radius 1 is 1.36 bits per heavy atom. The number of nitrogens with one attached hydrogen (secondary N) is 1. The molecule has 1 aliphatic rings. The molecule has 1 aromatic carbocycles. The fourth-order valence-corrected chi connectivity index (χ4v) is 1.82. The maximum Gasteiger partial charge on any atom is 0.206 e. The van der Waals surface area contributed by atoms with Crippen molar-refractivity contribution in [2.24, 2.45) is 4.99 Å². The summed E-state index contributed by atoms with van der Waals surface area (Å²) < 4.78 is 2.89. The highest BCUT2D eigenvalue weighted by Gasteiger charge is 2.09. The molecule has 1 N–H and O–H groups in total. The van der Waals surface area contributed by atoms with Gasteiger partial charge in [-0.05, 0) is 48.2 Å². The number of hydrogen-bond donors (Lipinski definition) is 1. The standard InChI is InChI=1S/C8H7ClN2S.C2H6/c1-5-2-3-7-6(4-5)10-8(9)11-12-7;1-2/h2-4H,1H3,(H,10,11);1-2H3. The SMILES string of the molecule is CC.Cc1ccc2c(c1)N=C(Cl)NS2. The molecule has 2 rings (SSSR count). The molecule has 0 unspecified atom stereocenters. The van der Waals surface area contributed by atoms with E-state index in [4.69, 9.17) is 11.6 Å². The third-order valence-corrected chi connectivity index (χ3v) is 2.73. The highest BCUT2D eigenvalue weighted by Crippen LogP contribution is 2.32. The molecule has 2 nitrogen and oxygen atoms in total. The fourth-order valence-electron chi connectivity index (χ4n) is 1.03. The lowest BCUT2D eigenvalue weighted by molar-refractivity contribution is 1.28. The van der Waals surface area contributed by atoms with Crippen LogP contribution in [0.15, 0.2) is 28.1 Å². The van der Waals surface area contributed by atoms with Gasteiger partial charge in [0.25, 0.3) is 0 Å². The normalized spacial score (nSPS) is 13.0. The van der Waals surface area contributed by atoms with Gasteiger partial charge in [-0.15, -0.1) is 0 Å². The Bertz CT molecular complexity index is 350. The second-order valence-corrected chi connectivity index (χ2v) is 3.78. The molecule has 0 atom stereocenters. The van der Waals surface area contributed by atoms with Crippen LogP contribution in [0, 0.1) is 6.92 Å². The number of halogens is 1. The minimum atomic E-state index is 0.443. The summed E-state index contributed by atoms with van der Waals surface area (Å²) in [7, 11) is 0. The molecule has 0 amide bonds. The molecule has 14 heavy (non-hydrogen) atoms. The first-order valence-electron chi connectivity index (χ1n) is 4.53. The van der Waals surface area contributed by atoms with Crippen molar-refractivity contribution in [3.63, 3.8) is 0 Å². The van der Waals surface area contributed by atoms with E-state index in [1.165, 1.54) is 17.5 Å². The Morgan fingerprint density at radius 2 is 2.07 bits per heavy atom. The predicted octanol–water partition coefficient (Wildman–Crippen LogP) is 3.86. The van der Waals surface area contributed by atoms with E-state index >= 15 is 0 Å². The largest absolute Gasteiger partial charge is 0.300 e. The van der Waals surface area contributed by atoms with Crippen LogP contribution in [0.2, 0.25) is 0 Å². The van der Waals surface area contributed by atoms with Gasteiger partial charge in [0.05, 0.1) is 10.6 Å². The van der Waals surface area contributed by atoms with Gasteiger partial charge < -0.3 is 4.72 Å². The molecule has 0 bridgehead atoms. The van der Waals surface area contributed by atoms with E-state index in [9.17, 15) is 0 Å². The van der Waals surface area contributed by atoms with E-state index in [1.54, 1.807) is 0 Å². The molecule has 1 aromatic rings. The van der Waals surface area contributed by atoms with Crippen molar-refractivity contribution in [3.8, 4) is 0 Å². The number of hydrogen-bond acceptors (Lipinski definition) is 3. The van der Waals surface area contributed by atoms with Crippen LogP contribution < -0.4 is 4.72 Å². The monoisotopic (exact) mass is 228 g/mol. The van der Waals surface area contributed by atoms with Crippen LogP contribution in [0.4, 0.5) is 5.69 Å². The average Bonchev–Trinajstić information content (AvgIpc) is 2.20. The van der Waals surface area contributed by atoms with Crippen LogP contribution in [0.5, 0.6) is 0 Å². The summed E-state index contributed by atoms with van der Waals surface area (Å²) in [5, 5.41) is 0.443. The van der Waals surface area contributed by atoms with Crippen molar-refractivity contribution in [1.29, 1.82) is 0 Å². The van der Waals surface area contributed by atoms with Gasteiger partial charge in [-0.1, -0.05) is 19.9 Å². The molecule has 0 aromatic heterocycles. The highest BCUT2D eigenvalue weighted by atomic mass is 35.5. The van der Waals surface area contributed by atoms with E-state index in [2.05, 4.69) is 15.8 Å². The molecule has 0 spiro atoms. The molecule has 0 saturated heterocycles. The Hall–Kier alpha value is -0.670. The number of fused-ring (bicyclic) bond motifs is 1. The van der Waals surface area contributed by atoms with E-state index < -0.39 is 0 Å². The minimum absolute atomic E-state index is 0.443. The zero-order chi connectivity index (χ0) is 10.6. The zero-order valence-electron chi connectivity index (χ0n) is 8.47. The quantitative estimate of drug-likeness (QED) is 0.539. The smallest absolute Gasteiger partial charge is 0.206 e. The maximum atomic E-state index is 5.71. The Morgan fingerprint density at radius 3 is 2.79 bits per heavy atom. The summed E-state index contributed by atoms with van der Waals surface area (Å²) in [6.45, 7) is 6.04.